The Morgan fingerprint density at radius 3 is 2.30 bits per heavy atom. The SMILES string of the molecule is CO[C@@H]1O[C@@H](CO)[C@H](O)[C@@H](OS(=O)(=O)c2ccc(C)cc2)[C@H]1O. The lowest BCUT2D eigenvalue weighted by Gasteiger charge is -2.40. The third kappa shape index (κ3) is 3.89. The third-order valence-corrected chi connectivity index (χ3v) is 4.93. The fraction of sp³-hybridized carbons (Fsp3) is 0.571. The molecule has 1 aliphatic rings. The van der Waals surface area contributed by atoms with Gasteiger partial charge in [-0.15, -0.1) is 0 Å². The zero-order chi connectivity index (χ0) is 17.2. The number of hydrogen-bond donors (Lipinski definition) is 3. The molecule has 1 heterocycles. The third-order valence-electron chi connectivity index (χ3n) is 3.60. The van der Waals surface area contributed by atoms with Crippen molar-refractivity contribution in [1.29, 1.82) is 0 Å². The summed E-state index contributed by atoms with van der Waals surface area (Å²) in [5, 5.41) is 29.4. The first-order valence-electron chi connectivity index (χ1n) is 6.95. The molecule has 1 fully saturated rings. The highest BCUT2D eigenvalue weighted by molar-refractivity contribution is 7.86. The van der Waals surface area contributed by atoms with E-state index in [2.05, 4.69) is 0 Å². The number of methoxy groups -OCH3 is 1. The fourth-order valence-corrected chi connectivity index (χ4v) is 3.37. The van der Waals surface area contributed by atoms with Gasteiger partial charge in [0.05, 0.1) is 11.5 Å². The molecule has 0 aromatic heterocycles. The molecule has 130 valence electrons. The van der Waals surface area contributed by atoms with Crippen LogP contribution in [0.1, 0.15) is 5.56 Å². The molecule has 0 amide bonds. The zero-order valence-electron chi connectivity index (χ0n) is 12.7. The van der Waals surface area contributed by atoms with Crippen molar-refractivity contribution in [1.82, 2.24) is 0 Å². The average molecular weight is 348 g/mol. The van der Waals surface area contributed by atoms with Crippen LogP contribution in [0.4, 0.5) is 0 Å². The topological polar surface area (TPSA) is 123 Å². The molecule has 1 aliphatic heterocycles. The molecule has 23 heavy (non-hydrogen) atoms. The van der Waals surface area contributed by atoms with Crippen LogP contribution in [0.2, 0.25) is 0 Å². The number of ether oxygens (including phenoxy) is 2. The van der Waals surface area contributed by atoms with Gasteiger partial charge in [0.25, 0.3) is 10.1 Å². The lowest BCUT2D eigenvalue weighted by atomic mass is 9.99. The van der Waals surface area contributed by atoms with Gasteiger partial charge in [0.1, 0.15) is 24.4 Å². The van der Waals surface area contributed by atoms with Crippen molar-refractivity contribution in [2.24, 2.45) is 0 Å². The summed E-state index contributed by atoms with van der Waals surface area (Å²) in [5.74, 6) is 0. The van der Waals surface area contributed by atoms with Crippen molar-refractivity contribution in [3.05, 3.63) is 29.8 Å². The molecule has 1 saturated heterocycles. The van der Waals surface area contributed by atoms with Gasteiger partial charge < -0.3 is 24.8 Å². The van der Waals surface area contributed by atoms with Crippen molar-refractivity contribution in [3.63, 3.8) is 0 Å². The van der Waals surface area contributed by atoms with Crippen molar-refractivity contribution >= 4 is 10.1 Å². The number of aliphatic hydroxyl groups is 3. The van der Waals surface area contributed by atoms with E-state index in [1.807, 2.05) is 0 Å². The second-order valence-electron chi connectivity index (χ2n) is 5.27. The average Bonchev–Trinajstić information content (AvgIpc) is 2.52. The molecular formula is C14H20O8S. The number of benzene rings is 1. The van der Waals surface area contributed by atoms with Crippen molar-refractivity contribution in [2.45, 2.75) is 42.5 Å². The summed E-state index contributed by atoms with van der Waals surface area (Å²) >= 11 is 0. The number of aliphatic hydroxyl groups excluding tert-OH is 3. The standard InChI is InChI=1S/C14H20O8S/c1-8-3-5-9(6-4-8)23(18,19)22-13-11(16)10(7-15)21-14(20-2)12(13)17/h3-6,10-17H,7H2,1-2H3/t10-,11-,12+,13+,14+/m0/s1. The van der Waals surface area contributed by atoms with E-state index in [-0.39, 0.29) is 4.90 Å². The summed E-state index contributed by atoms with van der Waals surface area (Å²) in [6, 6.07) is 5.92. The summed E-state index contributed by atoms with van der Waals surface area (Å²) in [5.41, 5.74) is 0.870. The first kappa shape index (κ1) is 18.3. The van der Waals surface area contributed by atoms with Crippen LogP contribution in [-0.2, 0) is 23.8 Å². The Labute approximate surface area is 134 Å². The molecule has 3 N–H and O–H groups in total. The van der Waals surface area contributed by atoms with Gasteiger partial charge in [0.2, 0.25) is 0 Å². The number of rotatable bonds is 5. The molecule has 1 aromatic carbocycles. The van der Waals surface area contributed by atoms with Gasteiger partial charge in [0.15, 0.2) is 6.29 Å². The predicted octanol–water partition coefficient (Wildman–Crippen LogP) is -0.846. The molecule has 0 bridgehead atoms. The van der Waals surface area contributed by atoms with E-state index in [0.717, 1.165) is 5.56 Å². The normalized spacial score (nSPS) is 32.0. The summed E-state index contributed by atoms with van der Waals surface area (Å²) in [4.78, 5) is -0.108. The molecular weight excluding hydrogens is 328 g/mol. The molecule has 8 nitrogen and oxygen atoms in total. The molecule has 5 atom stereocenters. The van der Waals surface area contributed by atoms with Crippen LogP contribution in [0, 0.1) is 6.92 Å². The van der Waals surface area contributed by atoms with Gasteiger partial charge in [-0.05, 0) is 19.1 Å². The minimum atomic E-state index is -4.22. The van der Waals surface area contributed by atoms with E-state index in [1.54, 1.807) is 19.1 Å². The van der Waals surface area contributed by atoms with E-state index >= 15 is 0 Å². The van der Waals surface area contributed by atoms with Crippen LogP contribution in [0.3, 0.4) is 0 Å². The largest absolute Gasteiger partial charge is 0.394 e. The van der Waals surface area contributed by atoms with Crippen LogP contribution in [0.5, 0.6) is 0 Å². The van der Waals surface area contributed by atoms with E-state index in [0.29, 0.717) is 0 Å². The fourth-order valence-electron chi connectivity index (χ4n) is 2.27. The summed E-state index contributed by atoms with van der Waals surface area (Å²) in [6.45, 7) is 1.22. The van der Waals surface area contributed by atoms with Crippen molar-refractivity contribution in [2.75, 3.05) is 13.7 Å². The summed E-state index contributed by atoms with van der Waals surface area (Å²) in [6.07, 6.45) is -6.98. The van der Waals surface area contributed by atoms with Crippen molar-refractivity contribution < 1.29 is 37.4 Å². The smallest absolute Gasteiger partial charge is 0.297 e. The Balaban J connectivity index is 2.26. The Morgan fingerprint density at radius 2 is 1.78 bits per heavy atom. The highest BCUT2D eigenvalue weighted by Crippen LogP contribution is 2.27. The minimum Gasteiger partial charge on any atom is -0.394 e. The van der Waals surface area contributed by atoms with E-state index in [1.165, 1.54) is 19.2 Å². The Morgan fingerprint density at radius 1 is 1.17 bits per heavy atom. The monoisotopic (exact) mass is 348 g/mol. The van der Waals surface area contributed by atoms with Crippen molar-refractivity contribution in [3.8, 4) is 0 Å². The lowest BCUT2D eigenvalue weighted by molar-refractivity contribution is -0.289. The molecule has 0 radical (unpaired) electrons. The van der Waals surface area contributed by atoms with Gasteiger partial charge in [-0.1, -0.05) is 17.7 Å². The van der Waals surface area contributed by atoms with Crippen LogP contribution < -0.4 is 0 Å². The number of hydrogen-bond acceptors (Lipinski definition) is 8. The second-order valence-corrected chi connectivity index (χ2v) is 6.84. The van der Waals surface area contributed by atoms with Gasteiger partial charge in [0, 0.05) is 7.11 Å². The van der Waals surface area contributed by atoms with Gasteiger partial charge in [-0.3, -0.25) is 4.18 Å². The molecule has 0 saturated carbocycles. The molecule has 0 spiro atoms. The van der Waals surface area contributed by atoms with Gasteiger partial charge in [-0.25, -0.2) is 0 Å². The Kier molecular flexibility index (Phi) is 5.74. The second kappa shape index (κ2) is 7.22. The van der Waals surface area contributed by atoms with Crippen LogP contribution in [0.15, 0.2) is 29.2 Å². The molecule has 1 aromatic rings. The maximum absolute atomic E-state index is 12.3. The highest BCUT2D eigenvalue weighted by atomic mass is 32.2. The first-order chi connectivity index (χ1) is 10.8. The van der Waals surface area contributed by atoms with Crippen LogP contribution in [-0.4, -0.2) is 68.2 Å². The summed E-state index contributed by atoms with van der Waals surface area (Å²) < 4.78 is 39.6. The molecule has 0 unspecified atom stereocenters. The Hall–Kier alpha value is -1.07. The lowest BCUT2D eigenvalue weighted by Crippen LogP contribution is -2.60. The number of aryl methyl sites for hydroxylation is 1. The van der Waals surface area contributed by atoms with Gasteiger partial charge in [-0.2, -0.15) is 8.42 Å². The minimum absolute atomic E-state index is 0.108. The quantitative estimate of drug-likeness (QED) is 0.589. The molecule has 0 aliphatic carbocycles. The highest BCUT2D eigenvalue weighted by Gasteiger charge is 2.47. The molecule has 9 heteroatoms. The maximum Gasteiger partial charge on any atom is 0.297 e. The molecule has 2 rings (SSSR count). The van der Waals surface area contributed by atoms with Crippen LogP contribution >= 0.6 is 0 Å². The van der Waals surface area contributed by atoms with E-state index in [4.69, 9.17) is 13.7 Å². The van der Waals surface area contributed by atoms with E-state index in [9.17, 15) is 23.7 Å². The zero-order valence-corrected chi connectivity index (χ0v) is 13.5. The van der Waals surface area contributed by atoms with Crippen LogP contribution in [0.25, 0.3) is 0 Å². The van der Waals surface area contributed by atoms with Gasteiger partial charge >= 0.3 is 0 Å². The van der Waals surface area contributed by atoms with E-state index < -0.39 is 47.4 Å². The first-order valence-corrected chi connectivity index (χ1v) is 8.36. The maximum atomic E-state index is 12.3. The Bertz CT molecular complexity index is 598. The predicted molar refractivity (Wildman–Crippen MR) is 78.0 cm³/mol. The summed E-state index contributed by atoms with van der Waals surface area (Å²) in [7, 11) is -2.98.